The Kier molecular flexibility index (Phi) is 3.49. The summed E-state index contributed by atoms with van der Waals surface area (Å²) >= 11 is 5.93. The average molecular weight is 302 g/mol. The maximum Gasteiger partial charge on any atom is 0.224 e. The number of aliphatic hydroxyl groups is 1. The quantitative estimate of drug-likeness (QED) is 0.828. The molecule has 0 saturated heterocycles. The molecule has 0 amide bonds. The molecular weight excluding hydrogens is 286 g/mol. The molecule has 1 saturated carbocycles. The summed E-state index contributed by atoms with van der Waals surface area (Å²) in [7, 11) is -1.07. The minimum absolute atomic E-state index is 0.0516. The SMILES string of the molecule is O=[S@@]1CCc2nc(Cl)nc(NC3(CO)CCCC3)c21. The van der Waals surface area contributed by atoms with Crippen molar-refractivity contribution in [3.8, 4) is 0 Å². The van der Waals surface area contributed by atoms with Crippen LogP contribution >= 0.6 is 11.6 Å². The van der Waals surface area contributed by atoms with E-state index in [2.05, 4.69) is 15.3 Å². The molecule has 2 aliphatic rings. The van der Waals surface area contributed by atoms with Crippen molar-refractivity contribution in [1.82, 2.24) is 9.97 Å². The van der Waals surface area contributed by atoms with Crippen LogP contribution in [0, 0.1) is 0 Å². The van der Waals surface area contributed by atoms with Crippen LogP contribution < -0.4 is 5.32 Å². The first-order valence-corrected chi connectivity index (χ1v) is 8.17. The van der Waals surface area contributed by atoms with Crippen LogP contribution in [-0.2, 0) is 17.2 Å². The van der Waals surface area contributed by atoms with Crippen molar-refractivity contribution in [3.05, 3.63) is 11.0 Å². The van der Waals surface area contributed by atoms with E-state index >= 15 is 0 Å². The number of anilines is 1. The summed E-state index contributed by atoms with van der Waals surface area (Å²) in [5, 5.41) is 13.1. The fourth-order valence-corrected chi connectivity index (χ4v) is 4.37. The monoisotopic (exact) mass is 301 g/mol. The van der Waals surface area contributed by atoms with Crippen LogP contribution in [0.15, 0.2) is 4.90 Å². The third kappa shape index (κ3) is 2.37. The van der Waals surface area contributed by atoms with E-state index in [9.17, 15) is 9.32 Å². The molecule has 2 heterocycles. The lowest BCUT2D eigenvalue weighted by molar-refractivity contribution is 0.213. The van der Waals surface area contributed by atoms with E-state index in [0.717, 1.165) is 31.4 Å². The van der Waals surface area contributed by atoms with Gasteiger partial charge in [-0.2, -0.15) is 4.98 Å². The summed E-state index contributed by atoms with van der Waals surface area (Å²) in [4.78, 5) is 9.01. The molecule has 3 rings (SSSR count). The molecule has 1 atom stereocenters. The molecule has 104 valence electrons. The molecule has 0 aromatic carbocycles. The first-order chi connectivity index (χ1) is 9.13. The Hall–Kier alpha value is -0.720. The Morgan fingerprint density at radius 1 is 1.37 bits per heavy atom. The maximum absolute atomic E-state index is 12.0. The van der Waals surface area contributed by atoms with Crippen LogP contribution in [0.4, 0.5) is 5.82 Å². The highest BCUT2D eigenvalue weighted by Gasteiger charge is 2.36. The van der Waals surface area contributed by atoms with Crippen molar-refractivity contribution in [2.24, 2.45) is 0 Å². The van der Waals surface area contributed by atoms with Crippen LogP contribution in [0.25, 0.3) is 0 Å². The van der Waals surface area contributed by atoms with E-state index in [1.165, 1.54) is 0 Å². The third-order valence-electron chi connectivity index (χ3n) is 3.91. The fraction of sp³-hybridized carbons (Fsp3) is 0.667. The van der Waals surface area contributed by atoms with Gasteiger partial charge in [0.25, 0.3) is 0 Å². The Balaban J connectivity index is 1.99. The van der Waals surface area contributed by atoms with Gasteiger partial charge < -0.3 is 10.4 Å². The number of fused-ring (bicyclic) bond motifs is 1. The van der Waals surface area contributed by atoms with Gasteiger partial charge in [-0.1, -0.05) is 12.8 Å². The van der Waals surface area contributed by atoms with Gasteiger partial charge in [-0.25, -0.2) is 4.98 Å². The first kappa shape index (κ1) is 13.3. The van der Waals surface area contributed by atoms with E-state index < -0.39 is 10.8 Å². The predicted octanol–water partition coefficient (Wildman–Crippen LogP) is 1.51. The largest absolute Gasteiger partial charge is 0.394 e. The number of aromatic nitrogens is 2. The number of rotatable bonds is 3. The normalized spacial score (nSPS) is 24.4. The highest BCUT2D eigenvalue weighted by Crippen LogP contribution is 2.36. The molecule has 0 spiro atoms. The zero-order chi connectivity index (χ0) is 13.5. The van der Waals surface area contributed by atoms with E-state index in [4.69, 9.17) is 11.6 Å². The number of aliphatic hydroxyl groups excluding tert-OH is 1. The Bertz CT molecular complexity index is 532. The van der Waals surface area contributed by atoms with Crippen LogP contribution in [0.5, 0.6) is 0 Å². The Morgan fingerprint density at radius 3 is 2.79 bits per heavy atom. The molecule has 0 unspecified atom stereocenters. The molecule has 19 heavy (non-hydrogen) atoms. The molecule has 1 fully saturated rings. The summed E-state index contributed by atoms with van der Waals surface area (Å²) in [6, 6.07) is 0. The predicted molar refractivity (Wildman–Crippen MR) is 73.9 cm³/mol. The summed E-state index contributed by atoms with van der Waals surface area (Å²) in [6.45, 7) is 0.0516. The number of halogens is 1. The van der Waals surface area contributed by atoms with E-state index in [1.54, 1.807) is 0 Å². The molecule has 7 heteroatoms. The topological polar surface area (TPSA) is 75.1 Å². The van der Waals surface area contributed by atoms with Crippen molar-refractivity contribution in [1.29, 1.82) is 0 Å². The molecular formula is C12H16ClN3O2S. The van der Waals surface area contributed by atoms with Gasteiger partial charge >= 0.3 is 0 Å². The van der Waals surface area contributed by atoms with Crippen molar-refractivity contribution in [2.75, 3.05) is 17.7 Å². The second kappa shape index (κ2) is 5.00. The van der Waals surface area contributed by atoms with E-state index in [0.29, 0.717) is 22.9 Å². The van der Waals surface area contributed by atoms with Crippen LogP contribution in [0.1, 0.15) is 31.4 Å². The molecule has 1 aromatic heterocycles. The Labute approximate surface area is 119 Å². The minimum atomic E-state index is -1.07. The summed E-state index contributed by atoms with van der Waals surface area (Å²) < 4.78 is 12.0. The standard InChI is InChI=1S/C12H16ClN3O2S/c13-11-14-8-3-6-19(18)9(8)10(15-11)16-12(7-17)4-1-2-5-12/h17H,1-7H2,(H,14,15,16)/t19-/m1/s1. The van der Waals surface area contributed by atoms with Gasteiger partial charge in [0, 0.05) is 12.2 Å². The average Bonchev–Trinajstić information content (AvgIpc) is 2.98. The smallest absolute Gasteiger partial charge is 0.224 e. The minimum Gasteiger partial charge on any atom is -0.394 e. The highest BCUT2D eigenvalue weighted by atomic mass is 35.5. The fourth-order valence-electron chi connectivity index (χ4n) is 2.88. The van der Waals surface area contributed by atoms with Gasteiger partial charge in [0.1, 0.15) is 10.7 Å². The van der Waals surface area contributed by atoms with Gasteiger partial charge in [0.2, 0.25) is 5.28 Å². The highest BCUT2D eigenvalue weighted by molar-refractivity contribution is 7.85. The van der Waals surface area contributed by atoms with Crippen LogP contribution in [0.2, 0.25) is 5.28 Å². The maximum atomic E-state index is 12.0. The van der Waals surface area contributed by atoms with Crippen LogP contribution in [0.3, 0.4) is 0 Å². The van der Waals surface area contributed by atoms with Gasteiger partial charge in [-0.3, -0.25) is 4.21 Å². The number of hydrogen-bond acceptors (Lipinski definition) is 5. The lowest BCUT2D eigenvalue weighted by Crippen LogP contribution is -2.39. The summed E-state index contributed by atoms with van der Waals surface area (Å²) in [6.07, 6.45) is 4.62. The number of nitrogens with one attached hydrogen (secondary N) is 1. The zero-order valence-electron chi connectivity index (χ0n) is 10.5. The van der Waals surface area contributed by atoms with Crippen LogP contribution in [-0.4, -0.2) is 37.2 Å². The summed E-state index contributed by atoms with van der Waals surface area (Å²) in [5.74, 6) is 1.12. The lowest BCUT2D eigenvalue weighted by Gasteiger charge is -2.29. The number of aryl methyl sites for hydroxylation is 1. The molecule has 1 aliphatic carbocycles. The molecule has 0 bridgehead atoms. The molecule has 1 aromatic rings. The third-order valence-corrected chi connectivity index (χ3v) is 5.54. The van der Waals surface area contributed by atoms with Crippen molar-refractivity contribution < 1.29 is 9.32 Å². The second-order valence-corrected chi connectivity index (χ2v) is 7.03. The number of nitrogens with zero attached hydrogens (tertiary/aromatic N) is 2. The van der Waals surface area contributed by atoms with E-state index in [-0.39, 0.29) is 17.4 Å². The van der Waals surface area contributed by atoms with Gasteiger partial charge in [-0.05, 0) is 24.4 Å². The first-order valence-electron chi connectivity index (χ1n) is 6.47. The molecule has 2 N–H and O–H groups in total. The van der Waals surface area contributed by atoms with Crippen molar-refractivity contribution >= 4 is 28.2 Å². The molecule has 0 radical (unpaired) electrons. The van der Waals surface area contributed by atoms with Gasteiger partial charge in [0.05, 0.1) is 28.6 Å². The van der Waals surface area contributed by atoms with E-state index in [1.807, 2.05) is 0 Å². The molecule has 5 nitrogen and oxygen atoms in total. The summed E-state index contributed by atoms with van der Waals surface area (Å²) in [5.41, 5.74) is 0.421. The second-order valence-electron chi connectivity index (χ2n) is 5.19. The molecule has 1 aliphatic heterocycles. The van der Waals surface area contributed by atoms with Crippen molar-refractivity contribution in [2.45, 2.75) is 42.5 Å². The van der Waals surface area contributed by atoms with Gasteiger partial charge in [-0.15, -0.1) is 0 Å². The zero-order valence-corrected chi connectivity index (χ0v) is 12.1. The number of hydrogen-bond donors (Lipinski definition) is 2. The van der Waals surface area contributed by atoms with Gasteiger partial charge in [0.15, 0.2) is 0 Å². The lowest BCUT2D eigenvalue weighted by atomic mass is 9.99. The van der Waals surface area contributed by atoms with Crippen molar-refractivity contribution in [3.63, 3.8) is 0 Å². The Morgan fingerprint density at radius 2 is 2.11 bits per heavy atom.